The lowest BCUT2D eigenvalue weighted by Crippen LogP contribution is -2.22. The minimum Gasteiger partial charge on any atom is -0.363 e. The maximum atomic E-state index is 4.85. The van der Waals surface area contributed by atoms with Gasteiger partial charge in [0.1, 0.15) is 11.6 Å². The highest BCUT2D eigenvalue weighted by molar-refractivity contribution is 5.77. The Labute approximate surface area is 216 Å². The summed E-state index contributed by atoms with van der Waals surface area (Å²) in [6, 6.07) is 24.6. The van der Waals surface area contributed by atoms with Crippen LogP contribution < -0.4 is 15.5 Å². The van der Waals surface area contributed by atoms with Gasteiger partial charge in [0, 0.05) is 18.8 Å². The van der Waals surface area contributed by atoms with Gasteiger partial charge < -0.3 is 25.5 Å². The Hall–Kier alpha value is -3.68. The van der Waals surface area contributed by atoms with Crippen molar-refractivity contribution in [3.8, 4) is 0 Å². The molecule has 3 aromatic carbocycles. The van der Waals surface area contributed by atoms with Gasteiger partial charge >= 0.3 is 0 Å². The molecule has 2 aliphatic heterocycles. The van der Waals surface area contributed by atoms with Crippen molar-refractivity contribution in [1.29, 1.82) is 0 Å². The van der Waals surface area contributed by atoms with E-state index in [1.54, 1.807) is 0 Å². The van der Waals surface area contributed by atoms with E-state index in [-0.39, 0.29) is 0 Å². The van der Waals surface area contributed by atoms with Crippen LogP contribution >= 0.6 is 0 Å². The number of rotatable bonds is 7. The molecular formula is C30H33N7. The highest BCUT2D eigenvalue weighted by Crippen LogP contribution is 2.27. The summed E-state index contributed by atoms with van der Waals surface area (Å²) >= 11 is 0. The maximum Gasteiger partial charge on any atom is 0.124 e. The van der Waals surface area contributed by atoms with Crippen molar-refractivity contribution in [2.75, 3.05) is 18.0 Å². The van der Waals surface area contributed by atoms with Crippen LogP contribution in [-0.2, 0) is 13.1 Å². The number of fused-ring (bicyclic) bond motifs is 2. The molecule has 0 aliphatic carbocycles. The number of nitrogens with one attached hydrogen (secondary N) is 4. The number of hydrogen-bond donors (Lipinski definition) is 4. The fourth-order valence-corrected chi connectivity index (χ4v) is 5.83. The summed E-state index contributed by atoms with van der Waals surface area (Å²) in [6.45, 7) is 3.77. The van der Waals surface area contributed by atoms with Crippen molar-refractivity contribution in [3.63, 3.8) is 0 Å². The maximum absolute atomic E-state index is 4.85. The molecule has 4 N–H and O–H groups in total. The molecule has 2 saturated heterocycles. The predicted octanol–water partition coefficient (Wildman–Crippen LogP) is 5.50. The zero-order chi connectivity index (χ0) is 24.6. The minimum atomic E-state index is 0.346. The summed E-state index contributed by atoms with van der Waals surface area (Å²) in [4.78, 5) is 19.3. The van der Waals surface area contributed by atoms with Gasteiger partial charge in [-0.05, 0) is 86.3 Å². The van der Waals surface area contributed by atoms with Crippen molar-refractivity contribution in [2.24, 2.45) is 0 Å². The number of hydrogen-bond acceptors (Lipinski definition) is 5. The molecule has 0 saturated carbocycles. The molecule has 0 spiro atoms. The third-order valence-corrected chi connectivity index (χ3v) is 7.78. The second kappa shape index (κ2) is 9.65. The van der Waals surface area contributed by atoms with E-state index >= 15 is 0 Å². The third-order valence-electron chi connectivity index (χ3n) is 7.78. The Morgan fingerprint density at radius 1 is 0.676 bits per heavy atom. The number of para-hydroxylation sites is 1. The minimum absolute atomic E-state index is 0.346. The van der Waals surface area contributed by atoms with Gasteiger partial charge in [0.2, 0.25) is 0 Å². The first-order valence-electron chi connectivity index (χ1n) is 13.5. The highest BCUT2D eigenvalue weighted by atomic mass is 15.1. The van der Waals surface area contributed by atoms with E-state index < -0.39 is 0 Å². The number of nitrogens with zero attached hydrogens (tertiary/aromatic N) is 3. The van der Waals surface area contributed by atoms with Crippen LogP contribution in [0, 0.1) is 0 Å². The molecule has 2 aliphatic rings. The molecule has 188 valence electrons. The van der Waals surface area contributed by atoms with Gasteiger partial charge in [-0.25, -0.2) is 9.97 Å². The highest BCUT2D eigenvalue weighted by Gasteiger charge is 2.21. The van der Waals surface area contributed by atoms with Crippen LogP contribution in [0.4, 0.5) is 5.69 Å². The quantitative estimate of drug-likeness (QED) is 0.242. The lowest BCUT2D eigenvalue weighted by Gasteiger charge is -2.25. The molecular weight excluding hydrogens is 458 g/mol. The summed E-state index contributed by atoms with van der Waals surface area (Å²) in [5.41, 5.74) is 8.05. The molecule has 7 nitrogen and oxygen atoms in total. The van der Waals surface area contributed by atoms with E-state index in [1.165, 1.54) is 29.7 Å². The smallest absolute Gasteiger partial charge is 0.124 e. The Kier molecular flexibility index (Phi) is 5.87. The molecule has 2 fully saturated rings. The van der Waals surface area contributed by atoms with Gasteiger partial charge in [-0.1, -0.05) is 30.3 Å². The van der Waals surface area contributed by atoms with Gasteiger partial charge in [0.25, 0.3) is 0 Å². The fourth-order valence-electron chi connectivity index (χ4n) is 5.83. The van der Waals surface area contributed by atoms with E-state index in [4.69, 9.17) is 9.97 Å². The molecule has 0 bridgehead atoms. The van der Waals surface area contributed by atoms with Crippen LogP contribution in [0.25, 0.3) is 22.1 Å². The first-order chi connectivity index (χ1) is 18.3. The van der Waals surface area contributed by atoms with Crippen LogP contribution in [0.15, 0.2) is 66.7 Å². The number of anilines is 1. The van der Waals surface area contributed by atoms with Crippen molar-refractivity contribution in [2.45, 2.75) is 50.9 Å². The summed E-state index contributed by atoms with van der Waals surface area (Å²) < 4.78 is 0. The molecule has 2 aromatic heterocycles. The first kappa shape index (κ1) is 22.5. The molecule has 2 atom stereocenters. The Balaban J connectivity index is 1.16. The number of imidazole rings is 2. The van der Waals surface area contributed by atoms with Crippen molar-refractivity contribution >= 4 is 27.8 Å². The molecule has 37 heavy (non-hydrogen) atoms. The normalized spacial score (nSPS) is 19.8. The Morgan fingerprint density at radius 2 is 1.22 bits per heavy atom. The lowest BCUT2D eigenvalue weighted by molar-refractivity contribution is 0.614. The zero-order valence-electron chi connectivity index (χ0n) is 21.0. The van der Waals surface area contributed by atoms with Gasteiger partial charge in [-0.2, -0.15) is 0 Å². The zero-order valence-corrected chi connectivity index (χ0v) is 21.0. The number of aromatic nitrogens is 4. The van der Waals surface area contributed by atoms with Crippen LogP contribution in [-0.4, -0.2) is 33.0 Å². The average molecular weight is 492 g/mol. The lowest BCUT2D eigenvalue weighted by atomic mass is 10.1. The molecule has 7 rings (SSSR count). The van der Waals surface area contributed by atoms with Crippen LogP contribution in [0.2, 0.25) is 0 Å². The molecule has 4 heterocycles. The van der Waals surface area contributed by atoms with Gasteiger partial charge in [-0.3, -0.25) is 0 Å². The Bertz CT molecular complexity index is 1410. The van der Waals surface area contributed by atoms with E-state index in [9.17, 15) is 0 Å². The predicted molar refractivity (Wildman–Crippen MR) is 148 cm³/mol. The molecule has 0 amide bonds. The second-order valence-corrected chi connectivity index (χ2v) is 10.4. The van der Waals surface area contributed by atoms with Crippen LogP contribution in [0.3, 0.4) is 0 Å². The van der Waals surface area contributed by atoms with Gasteiger partial charge in [0.05, 0.1) is 34.2 Å². The Morgan fingerprint density at radius 3 is 1.70 bits per heavy atom. The van der Waals surface area contributed by atoms with Crippen molar-refractivity contribution < 1.29 is 0 Å². The van der Waals surface area contributed by atoms with E-state index in [2.05, 4.69) is 92.2 Å². The van der Waals surface area contributed by atoms with Crippen molar-refractivity contribution in [1.82, 2.24) is 30.6 Å². The summed E-state index contributed by atoms with van der Waals surface area (Å²) in [7, 11) is 0. The number of benzene rings is 3. The summed E-state index contributed by atoms with van der Waals surface area (Å²) in [6.07, 6.45) is 4.71. The van der Waals surface area contributed by atoms with Crippen LogP contribution in [0.5, 0.6) is 0 Å². The molecule has 5 aromatic rings. The van der Waals surface area contributed by atoms with E-state index in [1.807, 2.05) is 0 Å². The first-order valence-corrected chi connectivity index (χ1v) is 13.5. The molecule has 0 unspecified atom stereocenters. The van der Waals surface area contributed by atoms with Gasteiger partial charge in [-0.15, -0.1) is 0 Å². The van der Waals surface area contributed by atoms with Crippen molar-refractivity contribution in [3.05, 3.63) is 89.5 Å². The summed E-state index contributed by atoms with van der Waals surface area (Å²) in [5.74, 6) is 2.12. The molecule has 7 heteroatoms. The third kappa shape index (κ3) is 4.61. The fraction of sp³-hybridized carbons (Fsp3) is 0.333. The number of H-pyrrole nitrogens is 2. The topological polar surface area (TPSA) is 84.7 Å². The average Bonchev–Trinajstić information content (AvgIpc) is 3.74. The van der Waals surface area contributed by atoms with E-state index in [0.29, 0.717) is 12.1 Å². The molecule has 0 radical (unpaired) electrons. The van der Waals surface area contributed by atoms with Gasteiger partial charge in [0.15, 0.2) is 0 Å². The monoisotopic (exact) mass is 491 g/mol. The largest absolute Gasteiger partial charge is 0.363 e. The standard InChI is InChI=1S/C30H33N7/c1-2-6-22(7-3-1)37(18-20-10-12-23-27(16-20)35-29(33-23)25-8-4-14-31-25)19-21-11-13-24-28(17-21)36-30(34-24)26-9-5-15-32-26/h1-3,6-7,10-13,16-17,25-26,31-32H,4-5,8-9,14-15,18-19H2,(H,33,35)(H,34,36)/t25-,26-/m0/s1. The number of aromatic amines is 2. The second-order valence-electron chi connectivity index (χ2n) is 10.4. The SMILES string of the molecule is c1ccc(N(Cc2ccc3nc([C@@H]4CCCN4)[nH]c3c2)Cc2ccc3nc([C@@H]4CCCN4)[nH]c3c2)cc1. The van der Waals surface area contributed by atoms with E-state index in [0.717, 1.165) is 72.7 Å². The van der Waals surface area contributed by atoms with Crippen LogP contribution in [0.1, 0.15) is 60.5 Å². The summed E-state index contributed by atoms with van der Waals surface area (Å²) in [5, 5.41) is 7.09.